The number of aromatic nitrogens is 4. The second-order valence-electron chi connectivity index (χ2n) is 6.98. The maximum atomic E-state index is 14.3. The average molecular weight is 430 g/mol. The molecule has 2 amide bonds. The van der Waals surface area contributed by atoms with Crippen LogP contribution in [0.15, 0.2) is 78.9 Å². The van der Waals surface area contributed by atoms with Gasteiger partial charge in [0.15, 0.2) is 5.82 Å². The van der Waals surface area contributed by atoms with Crippen LogP contribution in [0, 0.1) is 12.7 Å². The average Bonchev–Trinajstić information content (AvgIpc) is 3.25. The van der Waals surface area contributed by atoms with Gasteiger partial charge in [-0.2, -0.15) is 4.68 Å². The molecular formula is C23H19FN6O2. The van der Waals surface area contributed by atoms with Crippen LogP contribution in [0.25, 0.3) is 5.69 Å². The number of amides is 2. The van der Waals surface area contributed by atoms with Crippen molar-refractivity contribution in [2.45, 2.75) is 13.0 Å². The molecule has 1 atom stereocenters. The number of hydrogen-bond donors (Lipinski definition) is 2. The van der Waals surface area contributed by atoms with E-state index in [-0.39, 0.29) is 5.69 Å². The normalized spacial score (nSPS) is 11.6. The van der Waals surface area contributed by atoms with Crippen LogP contribution in [0.3, 0.4) is 0 Å². The van der Waals surface area contributed by atoms with Gasteiger partial charge in [0, 0.05) is 11.3 Å². The molecular weight excluding hydrogens is 411 g/mol. The molecule has 3 aromatic carbocycles. The van der Waals surface area contributed by atoms with E-state index >= 15 is 0 Å². The van der Waals surface area contributed by atoms with Crippen molar-refractivity contribution in [2.24, 2.45) is 0 Å². The van der Waals surface area contributed by atoms with Crippen LogP contribution in [0.2, 0.25) is 0 Å². The van der Waals surface area contributed by atoms with E-state index in [0.717, 1.165) is 0 Å². The lowest BCUT2D eigenvalue weighted by Gasteiger charge is -2.19. The van der Waals surface area contributed by atoms with E-state index in [9.17, 15) is 14.0 Å². The van der Waals surface area contributed by atoms with Gasteiger partial charge >= 0.3 is 0 Å². The molecule has 8 nitrogen and oxygen atoms in total. The molecule has 0 fully saturated rings. The molecule has 1 aromatic heterocycles. The Morgan fingerprint density at radius 3 is 2.31 bits per heavy atom. The Hall–Kier alpha value is -4.40. The first-order chi connectivity index (χ1) is 15.5. The van der Waals surface area contributed by atoms with Gasteiger partial charge in [-0.25, -0.2) is 4.39 Å². The molecule has 0 bridgehead atoms. The number of halogens is 1. The second kappa shape index (κ2) is 9.17. The third-order valence-corrected chi connectivity index (χ3v) is 4.77. The lowest BCUT2D eigenvalue weighted by molar-refractivity contribution is -0.118. The minimum atomic E-state index is -0.966. The monoisotopic (exact) mass is 430 g/mol. The van der Waals surface area contributed by atoms with E-state index in [1.165, 1.54) is 22.9 Å². The highest BCUT2D eigenvalue weighted by Gasteiger charge is 2.24. The van der Waals surface area contributed by atoms with Crippen LogP contribution in [-0.2, 0) is 4.79 Å². The summed E-state index contributed by atoms with van der Waals surface area (Å²) in [6, 6.07) is 20.6. The Balaban J connectivity index is 1.61. The molecule has 1 heterocycles. The van der Waals surface area contributed by atoms with Crippen LogP contribution in [0.5, 0.6) is 0 Å². The van der Waals surface area contributed by atoms with Crippen LogP contribution in [0.1, 0.15) is 27.8 Å². The zero-order valence-electron chi connectivity index (χ0n) is 17.1. The Labute approximate surface area is 183 Å². The van der Waals surface area contributed by atoms with Crippen LogP contribution < -0.4 is 10.6 Å². The summed E-state index contributed by atoms with van der Waals surface area (Å²) in [5.74, 6) is -1.02. The molecule has 4 rings (SSSR count). The first-order valence-electron chi connectivity index (χ1n) is 9.79. The molecule has 0 spiro atoms. The van der Waals surface area contributed by atoms with Crippen LogP contribution in [0.4, 0.5) is 10.1 Å². The molecule has 160 valence electrons. The number of anilines is 1. The number of carbonyl (C=O) groups is 2. The Morgan fingerprint density at radius 2 is 1.66 bits per heavy atom. The Kier molecular flexibility index (Phi) is 5.98. The van der Waals surface area contributed by atoms with Crippen molar-refractivity contribution in [1.29, 1.82) is 0 Å². The van der Waals surface area contributed by atoms with Crippen molar-refractivity contribution in [3.05, 3.63) is 102 Å². The summed E-state index contributed by atoms with van der Waals surface area (Å²) in [7, 11) is 0. The number of carbonyl (C=O) groups excluding carboxylic acids is 2. The topological polar surface area (TPSA) is 102 Å². The van der Waals surface area contributed by atoms with E-state index in [1.54, 1.807) is 61.5 Å². The molecule has 0 aliphatic heterocycles. The lowest BCUT2D eigenvalue weighted by atomic mass is 10.0. The number of rotatable bonds is 6. The van der Waals surface area contributed by atoms with Gasteiger partial charge in [-0.05, 0) is 53.2 Å². The number of tetrazole rings is 1. The van der Waals surface area contributed by atoms with Crippen molar-refractivity contribution in [2.75, 3.05) is 5.32 Å². The van der Waals surface area contributed by atoms with Crippen molar-refractivity contribution < 1.29 is 14.0 Å². The zero-order valence-corrected chi connectivity index (χ0v) is 17.1. The van der Waals surface area contributed by atoms with Crippen molar-refractivity contribution in [3.63, 3.8) is 0 Å². The Morgan fingerprint density at radius 1 is 0.969 bits per heavy atom. The fourth-order valence-electron chi connectivity index (χ4n) is 3.17. The smallest absolute Gasteiger partial charge is 0.252 e. The van der Waals surface area contributed by atoms with E-state index in [1.807, 2.05) is 6.07 Å². The maximum Gasteiger partial charge on any atom is 0.252 e. The Bertz CT molecular complexity index is 1240. The fourth-order valence-corrected chi connectivity index (χ4v) is 3.17. The number of aryl methyl sites for hydroxylation is 1. The zero-order chi connectivity index (χ0) is 22.5. The van der Waals surface area contributed by atoms with Crippen molar-refractivity contribution in [1.82, 2.24) is 25.5 Å². The summed E-state index contributed by atoms with van der Waals surface area (Å²) in [6.45, 7) is 1.63. The van der Waals surface area contributed by atoms with Crippen LogP contribution >= 0.6 is 0 Å². The van der Waals surface area contributed by atoms with Crippen molar-refractivity contribution >= 4 is 17.5 Å². The first-order valence-corrected chi connectivity index (χ1v) is 9.79. The number of nitrogens with zero attached hydrogens (tertiary/aromatic N) is 4. The molecule has 9 heteroatoms. The van der Waals surface area contributed by atoms with Crippen LogP contribution in [-0.4, -0.2) is 32.0 Å². The molecule has 0 aliphatic rings. The summed E-state index contributed by atoms with van der Waals surface area (Å²) in [4.78, 5) is 25.9. The molecule has 4 aromatic rings. The predicted molar refractivity (Wildman–Crippen MR) is 116 cm³/mol. The minimum Gasteiger partial charge on any atom is -0.336 e. The SMILES string of the molecule is Cc1nnnn1-c1cc(NC(=O)C(NC(=O)c2ccccc2)c2ccccc2)ccc1F. The van der Waals surface area contributed by atoms with Gasteiger partial charge in [-0.3, -0.25) is 9.59 Å². The quantitative estimate of drug-likeness (QED) is 0.489. The third kappa shape index (κ3) is 4.51. The van der Waals surface area contributed by atoms with E-state index in [2.05, 4.69) is 26.2 Å². The van der Waals surface area contributed by atoms with Gasteiger partial charge in [0.25, 0.3) is 11.8 Å². The summed E-state index contributed by atoms with van der Waals surface area (Å²) < 4.78 is 15.6. The second-order valence-corrected chi connectivity index (χ2v) is 6.98. The molecule has 0 saturated carbocycles. The molecule has 32 heavy (non-hydrogen) atoms. The molecule has 1 unspecified atom stereocenters. The van der Waals surface area contributed by atoms with Gasteiger partial charge in [-0.1, -0.05) is 48.5 Å². The summed E-state index contributed by atoms with van der Waals surface area (Å²) >= 11 is 0. The molecule has 2 N–H and O–H groups in total. The third-order valence-electron chi connectivity index (χ3n) is 4.77. The van der Waals surface area contributed by atoms with Gasteiger partial charge in [0.05, 0.1) is 0 Å². The van der Waals surface area contributed by atoms with E-state index in [4.69, 9.17) is 0 Å². The highest BCUT2D eigenvalue weighted by Crippen LogP contribution is 2.21. The fraction of sp³-hybridized carbons (Fsp3) is 0.0870. The van der Waals surface area contributed by atoms with E-state index < -0.39 is 23.7 Å². The molecule has 0 aliphatic carbocycles. The summed E-state index contributed by atoms with van der Waals surface area (Å²) in [5, 5.41) is 16.6. The predicted octanol–water partition coefficient (Wildman–Crippen LogP) is 3.22. The number of nitrogens with one attached hydrogen (secondary N) is 2. The molecule has 0 radical (unpaired) electrons. The van der Waals surface area contributed by atoms with Gasteiger partial charge in [0.1, 0.15) is 17.5 Å². The lowest BCUT2D eigenvalue weighted by Crippen LogP contribution is -2.37. The standard InChI is InChI=1S/C23H19FN6O2/c1-15-27-28-29-30(15)20-14-18(12-13-19(20)24)25-23(32)21(16-8-4-2-5-9-16)26-22(31)17-10-6-3-7-11-17/h2-14,21H,1H3,(H,25,32)(H,26,31). The van der Waals surface area contributed by atoms with Crippen molar-refractivity contribution in [3.8, 4) is 5.69 Å². The highest BCUT2D eigenvalue weighted by molar-refractivity contribution is 6.01. The first kappa shape index (κ1) is 20.9. The van der Waals surface area contributed by atoms with Gasteiger partial charge in [0.2, 0.25) is 0 Å². The van der Waals surface area contributed by atoms with Gasteiger partial charge in [-0.15, -0.1) is 5.10 Å². The van der Waals surface area contributed by atoms with E-state index in [0.29, 0.717) is 22.6 Å². The van der Waals surface area contributed by atoms with Gasteiger partial charge < -0.3 is 10.6 Å². The highest BCUT2D eigenvalue weighted by atomic mass is 19.1. The summed E-state index contributed by atoms with van der Waals surface area (Å²) in [6.07, 6.45) is 0. The largest absolute Gasteiger partial charge is 0.336 e. The summed E-state index contributed by atoms with van der Waals surface area (Å²) in [5.41, 5.74) is 1.46. The number of hydrogen-bond acceptors (Lipinski definition) is 5. The molecule has 0 saturated heterocycles. The number of benzene rings is 3. The maximum absolute atomic E-state index is 14.3. The minimum absolute atomic E-state index is 0.0925.